The third-order valence-electron chi connectivity index (χ3n) is 5.21. The van der Waals surface area contributed by atoms with Crippen LogP contribution in [-0.2, 0) is 11.2 Å². The fourth-order valence-electron chi connectivity index (χ4n) is 4.09. The quantitative estimate of drug-likeness (QED) is 0.837. The largest absolute Gasteiger partial charge is 0.279 e. The second-order valence-electron chi connectivity index (χ2n) is 6.71. The summed E-state index contributed by atoms with van der Waals surface area (Å²) in [5.74, 6) is 1.83. The van der Waals surface area contributed by atoms with Crippen LogP contribution in [0, 0.1) is 24.7 Å². The highest BCUT2D eigenvalue weighted by atomic mass is 32.1. The summed E-state index contributed by atoms with van der Waals surface area (Å²) in [5.41, 5.74) is 6.28. The van der Waals surface area contributed by atoms with Crippen LogP contribution in [0.1, 0.15) is 59.1 Å². The molecule has 0 saturated heterocycles. The van der Waals surface area contributed by atoms with Gasteiger partial charge in [-0.3, -0.25) is 20.4 Å². The Bertz CT molecular complexity index is 581. The Balaban J connectivity index is 1.47. The minimum Gasteiger partial charge on any atom is -0.273 e. The van der Waals surface area contributed by atoms with Gasteiger partial charge in [0.1, 0.15) is 0 Å². The van der Waals surface area contributed by atoms with E-state index in [-0.39, 0.29) is 11.8 Å². The molecule has 2 saturated carbocycles. The summed E-state index contributed by atoms with van der Waals surface area (Å²) < 4.78 is 0. The van der Waals surface area contributed by atoms with Crippen molar-refractivity contribution < 1.29 is 9.59 Å². The maximum absolute atomic E-state index is 12.1. The number of thiophene rings is 1. The van der Waals surface area contributed by atoms with Gasteiger partial charge in [0.25, 0.3) is 5.91 Å². The Morgan fingerprint density at radius 2 is 2.09 bits per heavy atom. The smallest absolute Gasteiger partial charge is 0.273 e. The maximum Gasteiger partial charge on any atom is 0.279 e. The number of rotatable bonds is 4. The molecule has 3 rings (SSSR count). The topological polar surface area (TPSA) is 58.2 Å². The van der Waals surface area contributed by atoms with E-state index in [4.69, 9.17) is 0 Å². The van der Waals surface area contributed by atoms with Gasteiger partial charge < -0.3 is 0 Å². The molecule has 4 nitrogen and oxygen atoms in total. The van der Waals surface area contributed by atoms with Crippen LogP contribution in [-0.4, -0.2) is 11.8 Å². The lowest BCUT2D eigenvalue weighted by atomic mass is 9.86. The zero-order valence-corrected chi connectivity index (χ0v) is 14.1. The number of hydrazine groups is 1. The number of amides is 2. The molecule has 2 N–H and O–H groups in total. The first kappa shape index (κ1) is 15.5. The lowest BCUT2D eigenvalue weighted by molar-refractivity contribution is -0.123. The van der Waals surface area contributed by atoms with Gasteiger partial charge in [-0.05, 0) is 62.0 Å². The molecule has 2 aliphatic carbocycles. The molecular weight excluding hydrogens is 296 g/mol. The van der Waals surface area contributed by atoms with E-state index < -0.39 is 0 Å². The van der Waals surface area contributed by atoms with Crippen LogP contribution >= 0.6 is 11.3 Å². The highest BCUT2D eigenvalue weighted by Crippen LogP contribution is 2.49. The maximum atomic E-state index is 12.1. The van der Waals surface area contributed by atoms with E-state index in [0.717, 1.165) is 23.8 Å². The van der Waals surface area contributed by atoms with Gasteiger partial charge in [-0.2, -0.15) is 0 Å². The van der Waals surface area contributed by atoms with Crippen molar-refractivity contribution in [3.05, 3.63) is 21.4 Å². The van der Waals surface area contributed by atoms with Crippen LogP contribution < -0.4 is 10.9 Å². The molecule has 3 atom stereocenters. The number of fused-ring (bicyclic) bond motifs is 2. The summed E-state index contributed by atoms with van der Waals surface area (Å²) in [6.07, 6.45) is 6.60. The Hall–Kier alpha value is -1.36. The van der Waals surface area contributed by atoms with Crippen LogP contribution in [0.3, 0.4) is 0 Å². The highest BCUT2D eigenvalue weighted by Gasteiger charge is 2.40. The zero-order valence-electron chi connectivity index (χ0n) is 13.3. The van der Waals surface area contributed by atoms with E-state index >= 15 is 0 Å². The van der Waals surface area contributed by atoms with Crippen LogP contribution in [0.2, 0.25) is 0 Å². The van der Waals surface area contributed by atoms with E-state index in [1.54, 1.807) is 0 Å². The van der Waals surface area contributed by atoms with Gasteiger partial charge in [0.05, 0.1) is 4.88 Å². The average Bonchev–Trinajstić information content (AvgIpc) is 3.19. The monoisotopic (exact) mass is 320 g/mol. The third-order valence-corrected chi connectivity index (χ3v) is 6.59. The zero-order chi connectivity index (χ0) is 15.7. The average molecular weight is 320 g/mol. The van der Waals surface area contributed by atoms with Gasteiger partial charge in [0, 0.05) is 11.3 Å². The summed E-state index contributed by atoms with van der Waals surface area (Å²) in [4.78, 5) is 26.0. The molecule has 1 aromatic heterocycles. The van der Waals surface area contributed by atoms with Crippen molar-refractivity contribution in [1.82, 2.24) is 10.9 Å². The molecule has 2 amide bonds. The van der Waals surface area contributed by atoms with Gasteiger partial charge in [0.2, 0.25) is 5.91 Å². The molecule has 5 heteroatoms. The first-order valence-electron chi connectivity index (χ1n) is 8.25. The molecule has 2 fully saturated rings. The van der Waals surface area contributed by atoms with Crippen molar-refractivity contribution in [2.24, 2.45) is 17.8 Å². The molecule has 0 aliphatic heterocycles. The number of hydrogen-bond acceptors (Lipinski definition) is 3. The SMILES string of the molecule is CCc1sc(C(=O)NNC(=O)C[C@H]2C[C@@H]3CC[C@@H]2C3)cc1C. The van der Waals surface area contributed by atoms with Crippen molar-refractivity contribution in [3.8, 4) is 0 Å². The van der Waals surface area contributed by atoms with E-state index in [9.17, 15) is 9.59 Å². The summed E-state index contributed by atoms with van der Waals surface area (Å²) in [6.45, 7) is 4.09. The number of nitrogens with one attached hydrogen (secondary N) is 2. The summed E-state index contributed by atoms with van der Waals surface area (Å²) in [5, 5.41) is 0. The van der Waals surface area contributed by atoms with E-state index in [0.29, 0.717) is 17.2 Å². The lowest BCUT2D eigenvalue weighted by Gasteiger charge is -2.20. The van der Waals surface area contributed by atoms with Crippen LogP contribution in [0.25, 0.3) is 0 Å². The van der Waals surface area contributed by atoms with Crippen molar-refractivity contribution in [2.75, 3.05) is 0 Å². The predicted octanol–water partition coefficient (Wildman–Crippen LogP) is 3.21. The number of carbonyl (C=O) groups is 2. The van der Waals surface area contributed by atoms with E-state index in [1.807, 2.05) is 13.0 Å². The normalized spacial score (nSPS) is 26.2. The van der Waals surface area contributed by atoms with Crippen LogP contribution in [0.4, 0.5) is 0 Å². The Morgan fingerprint density at radius 1 is 1.27 bits per heavy atom. The van der Waals surface area contributed by atoms with Gasteiger partial charge in [-0.1, -0.05) is 13.3 Å². The number of hydrogen-bond donors (Lipinski definition) is 2. The highest BCUT2D eigenvalue weighted by molar-refractivity contribution is 7.14. The van der Waals surface area contributed by atoms with Crippen molar-refractivity contribution in [3.63, 3.8) is 0 Å². The van der Waals surface area contributed by atoms with Crippen LogP contribution in [0.5, 0.6) is 0 Å². The molecule has 1 heterocycles. The standard InChI is InChI=1S/C17H24N2O2S/c1-3-14-10(2)6-15(22-14)17(21)19-18-16(20)9-13-8-11-4-5-12(13)7-11/h6,11-13H,3-5,7-9H2,1-2H3,(H,18,20)(H,19,21)/t11-,12-,13-/m1/s1. The Labute approximate surface area is 135 Å². The van der Waals surface area contributed by atoms with E-state index in [2.05, 4.69) is 17.8 Å². The molecule has 22 heavy (non-hydrogen) atoms. The molecule has 0 aromatic carbocycles. The second-order valence-corrected chi connectivity index (χ2v) is 7.85. The first-order chi connectivity index (χ1) is 10.6. The molecule has 120 valence electrons. The van der Waals surface area contributed by atoms with Crippen molar-refractivity contribution >= 4 is 23.2 Å². The molecule has 2 aliphatic rings. The number of carbonyl (C=O) groups excluding carboxylic acids is 2. The van der Waals surface area contributed by atoms with Gasteiger partial charge in [-0.15, -0.1) is 11.3 Å². The molecule has 0 spiro atoms. The molecule has 0 radical (unpaired) electrons. The summed E-state index contributed by atoms with van der Waals surface area (Å²) >= 11 is 1.50. The Morgan fingerprint density at radius 3 is 2.68 bits per heavy atom. The summed E-state index contributed by atoms with van der Waals surface area (Å²) in [6, 6.07) is 1.89. The third kappa shape index (κ3) is 3.19. The fourth-order valence-corrected chi connectivity index (χ4v) is 5.10. The molecule has 2 bridgehead atoms. The predicted molar refractivity (Wildman–Crippen MR) is 87.6 cm³/mol. The fraction of sp³-hybridized carbons (Fsp3) is 0.647. The minimum absolute atomic E-state index is 0.0603. The lowest BCUT2D eigenvalue weighted by Crippen LogP contribution is -2.42. The summed E-state index contributed by atoms with van der Waals surface area (Å²) in [7, 11) is 0. The molecule has 0 unspecified atom stereocenters. The van der Waals surface area contributed by atoms with Crippen molar-refractivity contribution in [1.29, 1.82) is 0 Å². The van der Waals surface area contributed by atoms with Gasteiger partial charge in [0.15, 0.2) is 0 Å². The first-order valence-corrected chi connectivity index (χ1v) is 9.07. The van der Waals surface area contributed by atoms with Crippen molar-refractivity contribution in [2.45, 2.75) is 52.4 Å². The Kier molecular flexibility index (Phi) is 4.52. The van der Waals surface area contributed by atoms with Gasteiger partial charge in [-0.25, -0.2) is 0 Å². The second kappa shape index (κ2) is 6.41. The molecule has 1 aromatic rings. The van der Waals surface area contributed by atoms with Gasteiger partial charge >= 0.3 is 0 Å². The van der Waals surface area contributed by atoms with Crippen LogP contribution in [0.15, 0.2) is 6.07 Å². The number of aryl methyl sites for hydroxylation is 2. The minimum atomic E-state index is -0.214. The van der Waals surface area contributed by atoms with E-state index in [1.165, 1.54) is 41.9 Å². The molecular formula is C17H24N2O2S.